The molecule has 2 heterocycles. The van der Waals surface area contributed by atoms with E-state index < -0.39 is 0 Å². The van der Waals surface area contributed by atoms with Crippen molar-refractivity contribution >= 4 is 50.9 Å². The first-order chi connectivity index (χ1) is 13.2. The standard InChI is InChI=1S/C21H12ClIN4/c22-14-10-11-17-18(12-14)27-20(15-8-4-5-9-16(15)23)25-26-21(27)19(24-17)13-6-2-1-3-7-13/h1-12H. The summed E-state index contributed by atoms with van der Waals surface area (Å²) in [6, 6.07) is 23.9. The first-order valence-electron chi connectivity index (χ1n) is 8.37. The molecule has 0 N–H and O–H groups in total. The van der Waals surface area contributed by atoms with Crippen molar-refractivity contribution in [3.05, 3.63) is 81.4 Å². The van der Waals surface area contributed by atoms with E-state index in [0.29, 0.717) is 10.7 Å². The second kappa shape index (κ2) is 6.58. The van der Waals surface area contributed by atoms with Crippen molar-refractivity contribution in [1.29, 1.82) is 0 Å². The molecule has 4 nitrogen and oxygen atoms in total. The maximum atomic E-state index is 6.29. The predicted octanol–water partition coefficient (Wildman–Crippen LogP) is 5.87. The van der Waals surface area contributed by atoms with E-state index in [1.165, 1.54) is 0 Å². The molecular formula is C21H12ClIN4. The van der Waals surface area contributed by atoms with Crippen LogP contribution in [0.3, 0.4) is 0 Å². The Bertz CT molecular complexity index is 1300. The van der Waals surface area contributed by atoms with Crippen LogP contribution in [-0.2, 0) is 0 Å². The lowest BCUT2D eigenvalue weighted by Gasteiger charge is -2.10. The van der Waals surface area contributed by atoms with Gasteiger partial charge in [0.25, 0.3) is 0 Å². The summed E-state index contributed by atoms with van der Waals surface area (Å²) in [4.78, 5) is 4.86. The highest BCUT2D eigenvalue weighted by Gasteiger charge is 2.18. The summed E-state index contributed by atoms with van der Waals surface area (Å²) in [5, 5.41) is 9.67. The Morgan fingerprint density at radius 3 is 2.44 bits per heavy atom. The molecule has 0 bridgehead atoms. The lowest BCUT2D eigenvalue weighted by atomic mass is 10.1. The molecule has 6 heteroatoms. The van der Waals surface area contributed by atoms with Crippen LogP contribution in [0.15, 0.2) is 72.8 Å². The lowest BCUT2D eigenvalue weighted by Crippen LogP contribution is -1.98. The van der Waals surface area contributed by atoms with Crippen molar-refractivity contribution in [2.75, 3.05) is 0 Å². The van der Waals surface area contributed by atoms with Gasteiger partial charge in [0.15, 0.2) is 11.5 Å². The van der Waals surface area contributed by atoms with Crippen molar-refractivity contribution in [2.45, 2.75) is 0 Å². The van der Waals surface area contributed by atoms with Crippen LogP contribution in [0.4, 0.5) is 0 Å². The zero-order chi connectivity index (χ0) is 18.4. The van der Waals surface area contributed by atoms with E-state index in [9.17, 15) is 0 Å². The Morgan fingerprint density at radius 2 is 1.63 bits per heavy atom. The zero-order valence-electron chi connectivity index (χ0n) is 14.0. The Labute approximate surface area is 174 Å². The van der Waals surface area contributed by atoms with Gasteiger partial charge >= 0.3 is 0 Å². The predicted molar refractivity (Wildman–Crippen MR) is 117 cm³/mol. The van der Waals surface area contributed by atoms with E-state index in [1.54, 1.807) is 0 Å². The number of benzene rings is 3. The topological polar surface area (TPSA) is 43.1 Å². The molecule has 3 aromatic carbocycles. The molecule has 0 amide bonds. The van der Waals surface area contributed by atoms with Gasteiger partial charge in [-0.05, 0) is 46.9 Å². The molecule has 0 saturated carbocycles. The zero-order valence-corrected chi connectivity index (χ0v) is 16.9. The fourth-order valence-corrected chi connectivity index (χ4v) is 4.01. The van der Waals surface area contributed by atoms with Crippen LogP contribution in [0.1, 0.15) is 0 Å². The van der Waals surface area contributed by atoms with Gasteiger partial charge in [0.1, 0.15) is 5.69 Å². The molecule has 0 unspecified atom stereocenters. The van der Waals surface area contributed by atoms with Crippen molar-refractivity contribution < 1.29 is 0 Å². The lowest BCUT2D eigenvalue weighted by molar-refractivity contribution is 1.11. The summed E-state index contributed by atoms with van der Waals surface area (Å²) >= 11 is 8.61. The van der Waals surface area contributed by atoms with E-state index >= 15 is 0 Å². The van der Waals surface area contributed by atoms with Gasteiger partial charge in [-0.2, -0.15) is 0 Å². The molecule has 2 aromatic heterocycles. The van der Waals surface area contributed by atoms with Crippen LogP contribution >= 0.6 is 34.2 Å². The fourth-order valence-electron chi connectivity index (χ4n) is 3.21. The van der Waals surface area contributed by atoms with Gasteiger partial charge in [-0.15, -0.1) is 10.2 Å². The van der Waals surface area contributed by atoms with Crippen molar-refractivity contribution in [2.24, 2.45) is 0 Å². The fraction of sp³-hybridized carbons (Fsp3) is 0. The number of nitrogens with zero attached hydrogens (tertiary/aromatic N) is 4. The Balaban J connectivity index is 1.95. The van der Waals surface area contributed by atoms with E-state index in [1.807, 2.05) is 65.1 Å². The van der Waals surface area contributed by atoms with Crippen LogP contribution in [0.2, 0.25) is 5.02 Å². The third-order valence-corrected chi connectivity index (χ3v) is 5.62. The van der Waals surface area contributed by atoms with Gasteiger partial charge in [0.2, 0.25) is 0 Å². The largest absolute Gasteiger partial charge is 0.271 e. The molecular weight excluding hydrogens is 471 g/mol. The molecule has 5 rings (SSSR count). The number of hydrogen-bond donors (Lipinski definition) is 0. The second-order valence-electron chi connectivity index (χ2n) is 6.12. The Kier molecular flexibility index (Phi) is 4.06. The van der Waals surface area contributed by atoms with Gasteiger partial charge in [-0.3, -0.25) is 4.40 Å². The molecule has 0 aliphatic carbocycles. The minimum Gasteiger partial charge on any atom is -0.271 e. The van der Waals surface area contributed by atoms with Crippen molar-refractivity contribution in [3.8, 4) is 22.6 Å². The smallest absolute Gasteiger partial charge is 0.188 e. The summed E-state index contributed by atoms with van der Waals surface area (Å²) in [5.74, 6) is 0.779. The molecule has 0 radical (unpaired) electrons. The molecule has 0 spiro atoms. The Hall–Kier alpha value is -2.51. The van der Waals surface area contributed by atoms with E-state index in [-0.39, 0.29) is 0 Å². The van der Waals surface area contributed by atoms with E-state index in [2.05, 4.69) is 44.9 Å². The second-order valence-corrected chi connectivity index (χ2v) is 7.72. The first-order valence-corrected chi connectivity index (χ1v) is 9.83. The van der Waals surface area contributed by atoms with Crippen LogP contribution in [0, 0.1) is 3.57 Å². The van der Waals surface area contributed by atoms with Gasteiger partial charge in [-0.25, -0.2) is 4.98 Å². The maximum Gasteiger partial charge on any atom is 0.188 e. The quantitative estimate of drug-likeness (QED) is 0.296. The highest BCUT2D eigenvalue weighted by atomic mass is 127. The molecule has 0 atom stereocenters. The van der Waals surface area contributed by atoms with Gasteiger partial charge in [0, 0.05) is 19.7 Å². The van der Waals surface area contributed by atoms with E-state index in [0.717, 1.165) is 37.2 Å². The van der Waals surface area contributed by atoms with Crippen LogP contribution in [0.5, 0.6) is 0 Å². The van der Waals surface area contributed by atoms with Crippen molar-refractivity contribution in [1.82, 2.24) is 19.6 Å². The average molecular weight is 483 g/mol. The number of hydrogen-bond acceptors (Lipinski definition) is 3. The molecule has 0 aliphatic heterocycles. The SMILES string of the molecule is Clc1ccc2nc(-c3ccccc3)c3nnc(-c4ccccc4I)n3c2c1. The average Bonchev–Trinajstić information content (AvgIpc) is 3.14. The van der Waals surface area contributed by atoms with Crippen molar-refractivity contribution in [3.63, 3.8) is 0 Å². The molecule has 5 aromatic rings. The highest BCUT2D eigenvalue weighted by molar-refractivity contribution is 14.1. The van der Waals surface area contributed by atoms with E-state index in [4.69, 9.17) is 16.6 Å². The summed E-state index contributed by atoms with van der Waals surface area (Å²) in [7, 11) is 0. The highest BCUT2D eigenvalue weighted by Crippen LogP contribution is 2.32. The summed E-state index contributed by atoms with van der Waals surface area (Å²) < 4.78 is 3.16. The van der Waals surface area contributed by atoms with Gasteiger partial charge < -0.3 is 0 Å². The Morgan fingerprint density at radius 1 is 0.852 bits per heavy atom. The minimum atomic E-state index is 0.653. The summed E-state index contributed by atoms with van der Waals surface area (Å²) in [6.45, 7) is 0. The van der Waals surface area contributed by atoms with Crippen LogP contribution in [-0.4, -0.2) is 19.6 Å². The van der Waals surface area contributed by atoms with Gasteiger partial charge in [-0.1, -0.05) is 60.1 Å². The first kappa shape index (κ1) is 16.6. The normalized spacial score (nSPS) is 11.3. The number of halogens is 2. The molecule has 130 valence electrons. The number of rotatable bonds is 2. The number of aromatic nitrogens is 4. The summed E-state index contributed by atoms with van der Waals surface area (Å²) in [5.41, 5.74) is 5.27. The summed E-state index contributed by atoms with van der Waals surface area (Å²) in [6.07, 6.45) is 0. The molecule has 27 heavy (non-hydrogen) atoms. The van der Waals surface area contributed by atoms with Crippen LogP contribution < -0.4 is 0 Å². The van der Waals surface area contributed by atoms with Gasteiger partial charge in [0.05, 0.1) is 11.0 Å². The van der Waals surface area contributed by atoms with Crippen LogP contribution in [0.25, 0.3) is 39.3 Å². The maximum absolute atomic E-state index is 6.29. The minimum absolute atomic E-state index is 0.653. The third kappa shape index (κ3) is 2.78. The number of fused-ring (bicyclic) bond motifs is 3. The monoisotopic (exact) mass is 482 g/mol. The molecule has 0 fully saturated rings. The molecule has 0 saturated heterocycles. The molecule has 0 aliphatic rings. The third-order valence-electron chi connectivity index (χ3n) is 4.45.